The Morgan fingerprint density at radius 1 is 1.40 bits per heavy atom. The summed E-state index contributed by atoms with van der Waals surface area (Å²) in [6, 6.07) is 5.98. The van der Waals surface area contributed by atoms with E-state index in [0.29, 0.717) is 11.8 Å². The first-order valence-corrected chi connectivity index (χ1v) is 5.30. The van der Waals surface area contributed by atoms with Crippen molar-refractivity contribution in [2.45, 2.75) is 6.92 Å². The highest BCUT2D eigenvalue weighted by atomic mass is 79.9. The minimum absolute atomic E-state index is 0.423. The Hall–Kier alpha value is -1.36. The molecule has 0 unspecified atom stereocenters. The number of halogens is 1. The first-order valence-electron chi connectivity index (χ1n) is 4.51. The zero-order valence-electron chi connectivity index (χ0n) is 8.53. The van der Waals surface area contributed by atoms with Crippen LogP contribution >= 0.6 is 15.9 Å². The number of aromatic nitrogens is 3. The van der Waals surface area contributed by atoms with Crippen LogP contribution in [-0.2, 0) is 7.05 Å². The summed E-state index contributed by atoms with van der Waals surface area (Å²) in [6.45, 7) is 2.02. The van der Waals surface area contributed by atoms with Gasteiger partial charge < -0.3 is 5.73 Å². The Morgan fingerprint density at radius 2 is 2.13 bits per heavy atom. The molecule has 0 bridgehead atoms. The number of nitrogens with two attached hydrogens (primary N) is 1. The molecule has 4 nitrogen and oxygen atoms in total. The van der Waals surface area contributed by atoms with Gasteiger partial charge in [-0.3, -0.25) is 0 Å². The zero-order valence-corrected chi connectivity index (χ0v) is 10.1. The van der Waals surface area contributed by atoms with Crippen molar-refractivity contribution in [3.8, 4) is 11.4 Å². The number of aryl methyl sites for hydroxylation is 2. The molecule has 0 aliphatic carbocycles. The fourth-order valence-electron chi connectivity index (χ4n) is 1.39. The number of nitrogen functional groups attached to an aromatic ring is 1. The van der Waals surface area contributed by atoms with Gasteiger partial charge in [-0.25, -0.2) is 4.68 Å². The molecule has 2 N–H and O–H groups in total. The molecule has 15 heavy (non-hydrogen) atoms. The standard InChI is InChI=1S/C10H11BrN4/c1-6-5-7(11)3-4-8(6)9-13-10(12)15(2)14-9/h3-5H,1-2H3,(H2,12,13,14). The summed E-state index contributed by atoms with van der Waals surface area (Å²) in [7, 11) is 1.78. The van der Waals surface area contributed by atoms with E-state index in [-0.39, 0.29) is 0 Å². The van der Waals surface area contributed by atoms with Crippen LogP contribution in [0.25, 0.3) is 11.4 Å². The van der Waals surface area contributed by atoms with Crippen molar-refractivity contribution in [2.24, 2.45) is 7.05 Å². The van der Waals surface area contributed by atoms with Crippen LogP contribution in [0.2, 0.25) is 0 Å². The van der Waals surface area contributed by atoms with Crippen molar-refractivity contribution >= 4 is 21.9 Å². The third kappa shape index (κ3) is 1.87. The highest BCUT2D eigenvalue weighted by Gasteiger charge is 2.09. The van der Waals surface area contributed by atoms with Gasteiger partial charge in [0.1, 0.15) is 0 Å². The normalized spacial score (nSPS) is 10.6. The summed E-state index contributed by atoms with van der Waals surface area (Å²) >= 11 is 3.42. The molecular weight excluding hydrogens is 256 g/mol. The van der Waals surface area contributed by atoms with Crippen LogP contribution in [-0.4, -0.2) is 14.8 Å². The third-order valence-corrected chi connectivity index (χ3v) is 2.72. The molecule has 5 heteroatoms. The topological polar surface area (TPSA) is 56.7 Å². The molecule has 0 amide bonds. The smallest absolute Gasteiger partial charge is 0.218 e. The quantitative estimate of drug-likeness (QED) is 0.861. The molecule has 0 spiro atoms. The predicted octanol–water partition coefficient (Wildman–Crippen LogP) is 2.14. The van der Waals surface area contributed by atoms with E-state index in [9.17, 15) is 0 Å². The second-order valence-corrected chi connectivity index (χ2v) is 4.29. The maximum absolute atomic E-state index is 5.64. The van der Waals surface area contributed by atoms with Crippen molar-refractivity contribution in [1.29, 1.82) is 0 Å². The average molecular weight is 267 g/mol. The minimum Gasteiger partial charge on any atom is -0.368 e. The number of nitrogens with zero attached hydrogens (tertiary/aromatic N) is 3. The van der Waals surface area contributed by atoms with Crippen molar-refractivity contribution in [2.75, 3.05) is 5.73 Å². The monoisotopic (exact) mass is 266 g/mol. The SMILES string of the molecule is Cc1cc(Br)ccc1-c1nc(N)n(C)n1. The molecule has 0 atom stereocenters. The van der Waals surface area contributed by atoms with Crippen molar-refractivity contribution in [1.82, 2.24) is 14.8 Å². The highest BCUT2D eigenvalue weighted by molar-refractivity contribution is 9.10. The number of hydrogen-bond acceptors (Lipinski definition) is 3. The van der Waals surface area contributed by atoms with Crippen LogP contribution < -0.4 is 5.73 Å². The lowest BCUT2D eigenvalue weighted by Gasteiger charge is -2.01. The molecule has 2 rings (SSSR count). The largest absolute Gasteiger partial charge is 0.368 e. The molecule has 0 aliphatic rings. The van der Waals surface area contributed by atoms with Crippen LogP contribution in [0.4, 0.5) is 5.95 Å². The Labute approximate surface area is 96.3 Å². The molecule has 2 aromatic rings. The second-order valence-electron chi connectivity index (χ2n) is 3.38. The fourth-order valence-corrected chi connectivity index (χ4v) is 1.86. The summed E-state index contributed by atoms with van der Waals surface area (Å²) in [4.78, 5) is 4.19. The van der Waals surface area contributed by atoms with Gasteiger partial charge in [-0.2, -0.15) is 4.98 Å². The van der Waals surface area contributed by atoms with E-state index in [1.807, 2.05) is 25.1 Å². The molecule has 0 fully saturated rings. The number of benzene rings is 1. The van der Waals surface area contributed by atoms with Gasteiger partial charge in [-0.15, -0.1) is 5.10 Å². The molecule has 1 aromatic carbocycles. The highest BCUT2D eigenvalue weighted by Crippen LogP contribution is 2.23. The molecule has 0 saturated heterocycles. The lowest BCUT2D eigenvalue weighted by Crippen LogP contribution is -1.97. The first-order chi connectivity index (χ1) is 7.08. The van der Waals surface area contributed by atoms with Gasteiger partial charge in [0.05, 0.1) is 0 Å². The number of hydrogen-bond donors (Lipinski definition) is 1. The third-order valence-electron chi connectivity index (χ3n) is 2.23. The molecular formula is C10H11BrN4. The number of rotatable bonds is 1. The molecule has 0 saturated carbocycles. The summed E-state index contributed by atoms with van der Waals surface area (Å²) in [5, 5.41) is 4.24. The summed E-state index contributed by atoms with van der Waals surface area (Å²) in [5.41, 5.74) is 7.76. The Kier molecular flexibility index (Phi) is 2.48. The van der Waals surface area contributed by atoms with Gasteiger partial charge in [0, 0.05) is 17.1 Å². The van der Waals surface area contributed by atoms with E-state index >= 15 is 0 Å². The predicted molar refractivity (Wildman–Crippen MR) is 63.3 cm³/mol. The van der Waals surface area contributed by atoms with Crippen molar-refractivity contribution in [3.63, 3.8) is 0 Å². The summed E-state index contributed by atoms with van der Waals surface area (Å²) < 4.78 is 2.62. The van der Waals surface area contributed by atoms with Gasteiger partial charge in [0.15, 0.2) is 5.82 Å². The Bertz CT molecular complexity index is 485. The maximum Gasteiger partial charge on any atom is 0.218 e. The summed E-state index contributed by atoms with van der Waals surface area (Å²) in [6.07, 6.45) is 0. The van der Waals surface area contributed by atoms with E-state index in [1.165, 1.54) is 0 Å². The van der Waals surface area contributed by atoms with E-state index < -0.39 is 0 Å². The van der Waals surface area contributed by atoms with Crippen LogP contribution in [0.15, 0.2) is 22.7 Å². The van der Waals surface area contributed by atoms with Crippen LogP contribution in [0.1, 0.15) is 5.56 Å². The van der Waals surface area contributed by atoms with Gasteiger partial charge in [0.25, 0.3) is 0 Å². The van der Waals surface area contributed by atoms with E-state index in [1.54, 1.807) is 11.7 Å². The molecule has 0 radical (unpaired) electrons. The van der Waals surface area contributed by atoms with E-state index in [0.717, 1.165) is 15.6 Å². The van der Waals surface area contributed by atoms with Crippen LogP contribution in [0, 0.1) is 6.92 Å². The lowest BCUT2D eigenvalue weighted by atomic mass is 10.1. The van der Waals surface area contributed by atoms with Gasteiger partial charge >= 0.3 is 0 Å². The number of anilines is 1. The van der Waals surface area contributed by atoms with Crippen LogP contribution in [0.5, 0.6) is 0 Å². The second kappa shape index (κ2) is 3.66. The summed E-state index contributed by atoms with van der Waals surface area (Å²) in [5.74, 6) is 1.09. The molecule has 1 heterocycles. The lowest BCUT2D eigenvalue weighted by molar-refractivity contribution is 0.780. The molecule has 1 aromatic heterocycles. The van der Waals surface area contributed by atoms with Gasteiger partial charge in [-0.05, 0) is 30.7 Å². The van der Waals surface area contributed by atoms with E-state index in [2.05, 4.69) is 26.0 Å². The zero-order chi connectivity index (χ0) is 11.0. The maximum atomic E-state index is 5.64. The van der Waals surface area contributed by atoms with Crippen molar-refractivity contribution < 1.29 is 0 Å². The van der Waals surface area contributed by atoms with Crippen molar-refractivity contribution in [3.05, 3.63) is 28.2 Å². The average Bonchev–Trinajstić information content (AvgIpc) is 2.46. The first kappa shape index (κ1) is 10.2. The molecule has 0 aliphatic heterocycles. The van der Waals surface area contributed by atoms with E-state index in [4.69, 9.17) is 5.73 Å². The Balaban J connectivity index is 2.54. The Morgan fingerprint density at radius 3 is 2.67 bits per heavy atom. The van der Waals surface area contributed by atoms with Gasteiger partial charge in [-0.1, -0.05) is 15.9 Å². The van der Waals surface area contributed by atoms with Crippen LogP contribution in [0.3, 0.4) is 0 Å². The van der Waals surface area contributed by atoms with Gasteiger partial charge in [0.2, 0.25) is 5.95 Å². The minimum atomic E-state index is 0.423. The molecule has 78 valence electrons. The fraction of sp³-hybridized carbons (Fsp3) is 0.200.